The molecule has 1 aliphatic rings. The predicted molar refractivity (Wildman–Crippen MR) is 72.4 cm³/mol. The minimum atomic E-state index is 0.0827. The molecule has 3 rings (SSSR count). The molecule has 2 aromatic rings. The van der Waals surface area contributed by atoms with E-state index in [2.05, 4.69) is 4.98 Å². The van der Waals surface area contributed by atoms with E-state index in [0.29, 0.717) is 19.5 Å². The Bertz CT molecular complexity index is 607. The molecule has 1 amide bonds. The number of amides is 1. The van der Waals surface area contributed by atoms with Crippen LogP contribution in [0, 0.1) is 5.92 Å². The van der Waals surface area contributed by atoms with E-state index in [9.17, 15) is 4.79 Å². The maximum absolute atomic E-state index is 11.9. The average Bonchev–Trinajstić information content (AvgIpc) is 2.80. The van der Waals surface area contributed by atoms with Crippen molar-refractivity contribution in [3.8, 4) is 0 Å². The minimum Gasteiger partial charge on any atom is -0.396 e. The lowest BCUT2D eigenvalue weighted by molar-refractivity contribution is -0.128. The molecular formula is C15H16N2O2. The van der Waals surface area contributed by atoms with Gasteiger partial charge in [-0.1, -0.05) is 18.2 Å². The maximum Gasteiger partial charge on any atom is 0.223 e. The first kappa shape index (κ1) is 12.1. The number of hydrogen-bond acceptors (Lipinski definition) is 3. The van der Waals surface area contributed by atoms with E-state index in [1.165, 1.54) is 0 Å². The van der Waals surface area contributed by atoms with E-state index in [0.717, 1.165) is 16.5 Å². The van der Waals surface area contributed by atoms with Crippen LogP contribution in [0.5, 0.6) is 0 Å². The molecule has 1 unspecified atom stereocenters. The molecule has 0 saturated carbocycles. The highest BCUT2D eigenvalue weighted by molar-refractivity contribution is 5.83. The second kappa shape index (κ2) is 4.97. The van der Waals surface area contributed by atoms with Crippen molar-refractivity contribution in [3.05, 3.63) is 42.1 Å². The normalized spacial score (nSPS) is 19.3. The number of hydrogen-bond donors (Lipinski definition) is 1. The number of fused-ring (bicyclic) bond motifs is 1. The fraction of sp³-hybridized carbons (Fsp3) is 0.333. The number of aromatic nitrogens is 1. The molecule has 4 nitrogen and oxygen atoms in total. The molecular weight excluding hydrogens is 240 g/mol. The third-order valence-corrected chi connectivity index (χ3v) is 3.65. The van der Waals surface area contributed by atoms with E-state index in [1.54, 1.807) is 6.20 Å². The first-order valence-electron chi connectivity index (χ1n) is 6.49. The zero-order valence-electron chi connectivity index (χ0n) is 10.6. The Morgan fingerprint density at radius 2 is 2.16 bits per heavy atom. The van der Waals surface area contributed by atoms with Crippen LogP contribution < -0.4 is 0 Å². The van der Waals surface area contributed by atoms with E-state index >= 15 is 0 Å². The second-order valence-corrected chi connectivity index (χ2v) is 5.01. The Hall–Kier alpha value is -1.94. The largest absolute Gasteiger partial charge is 0.396 e. The topological polar surface area (TPSA) is 53.4 Å². The first-order valence-corrected chi connectivity index (χ1v) is 6.49. The van der Waals surface area contributed by atoms with Gasteiger partial charge in [0.1, 0.15) is 0 Å². The van der Waals surface area contributed by atoms with E-state index in [-0.39, 0.29) is 18.4 Å². The lowest BCUT2D eigenvalue weighted by Gasteiger charge is -2.17. The molecule has 98 valence electrons. The molecule has 0 radical (unpaired) electrons. The summed E-state index contributed by atoms with van der Waals surface area (Å²) in [7, 11) is 0. The lowest BCUT2D eigenvalue weighted by atomic mass is 10.1. The smallest absolute Gasteiger partial charge is 0.223 e. The van der Waals surface area contributed by atoms with Crippen LogP contribution in [-0.4, -0.2) is 34.0 Å². The molecule has 4 heteroatoms. The van der Waals surface area contributed by atoms with Gasteiger partial charge in [-0.05, 0) is 17.7 Å². The quantitative estimate of drug-likeness (QED) is 0.907. The molecule has 19 heavy (non-hydrogen) atoms. The van der Waals surface area contributed by atoms with Crippen LogP contribution in [-0.2, 0) is 11.3 Å². The van der Waals surface area contributed by atoms with E-state index in [4.69, 9.17) is 5.11 Å². The van der Waals surface area contributed by atoms with Gasteiger partial charge in [0.25, 0.3) is 0 Å². The van der Waals surface area contributed by atoms with Gasteiger partial charge in [0.15, 0.2) is 0 Å². The van der Waals surface area contributed by atoms with Gasteiger partial charge in [-0.25, -0.2) is 0 Å². The maximum atomic E-state index is 11.9. The number of pyridine rings is 1. The van der Waals surface area contributed by atoms with Gasteiger partial charge in [0.05, 0.1) is 5.52 Å². The number of aliphatic hydroxyl groups excluding tert-OH is 1. The van der Waals surface area contributed by atoms with Gasteiger partial charge in [-0.2, -0.15) is 0 Å². The summed E-state index contributed by atoms with van der Waals surface area (Å²) < 4.78 is 0. The van der Waals surface area contributed by atoms with Gasteiger partial charge < -0.3 is 10.0 Å². The van der Waals surface area contributed by atoms with Crippen molar-refractivity contribution < 1.29 is 9.90 Å². The molecule has 1 N–H and O–H groups in total. The number of benzene rings is 1. The van der Waals surface area contributed by atoms with E-state index in [1.807, 2.05) is 35.2 Å². The number of nitrogens with zero attached hydrogens (tertiary/aromatic N) is 2. The number of para-hydroxylation sites is 1. The Morgan fingerprint density at radius 3 is 2.95 bits per heavy atom. The molecule has 1 aromatic heterocycles. The van der Waals surface area contributed by atoms with Crippen molar-refractivity contribution in [2.75, 3.05) is 13.2 Å². The fourth-order valence-electron chi connectivity index (χ4n) is 2.63. The molecule has 1 fully saturated rings. The second-order valence-electron chi connectivity index (χ2n) is 5.01. The van der Waals surface area contributed by atoms with E-state index < -0.39 is 0 Å². The highest BCUT2D eigenvalue weighted by Crippen LogP contribution is 2.23. The van der Waals surface area contributed by atoms with Gasteiger partial charge in [0, 0.05) is 43.6 Å². The Balaban J connectivity index is 1.88. The average molecular weight is 256 g/mol. The van der Waals surface area contributed by atoms with Crippen molar-refractivity contribution in [2.24, 2.45) is 5.92 Å². The molecule has 0 aliphatic carbocycles. The highest BCUT2D eigenvalue weighted by Gasteiger charge is 2.29. The molecule has 1 atom stereocenters. The highest BCUT2D eigenvalue weighted by atomic mass is 16.3. The minimum absolute atomic E-state index is 0.0827. The third-order valence-electron chi connectivity index (χ3n) is 3.65. The predicted octanol–water partition coefficient (Wildman–Crippen LogP) is 1.58. The molecule has 1 aromatic carbocycles. The number of likely N-dealkylation sites (tertiary alicyclic amines) is 1. The first-order chi connectivity index (χ1) is 9.28. The van der Waals surface area contributed by atoms with Crippen molar-refractivity contribution in [1.82, 2.24) is 9.88 Å². The van der Waals surface area contributed by atoms with Crippen molar-refractivity contribution in [3.63, 3.8) is 0 Å². The summed E-state index contributed by atoms with van der Waals surface area (Å²) in [5, 5.41) is 10.2. The summed E-state index contributed by atoms with van der Waals surface area (Å²) in [6, 6.07) is 9.91. The van der Waals surface area contributed by atoms with Crippen molar-refractivity contribution >= 4 is 16.8 Å². The molecule has 0 bridgehead atoms. The van der Waals surface area contributed by atoms with Gasteiger partial charge in [0.2, 0.25) is 5.91 Å². The number of aliphatic hydroxyl groups is 1. The summed E-state index contributed by atoms with van der Waals surface area (Å²) in [4.78, 5) is 18.0. The van der Waals surface area contributed by atoms with Crippen molar-refractivity contribution in [2.45, 2.75) is 13.0 Å². The van der Waals surface area contributed by atoms with Gasteiger partial charge in [-0.15, -0.1) is 0 Å². The summed E-state index contributed by atoms with van der Waals surface area (Å²) in [5.74, 6) is 0.209. The summed E-state index contributed by atoms with van der Waals surface area (Å²) in [5.41, 5.74) is 2.06. The zero-order chi connectivity index (χ0) is 13.2. The zero-order valence-corrected chi connectivity index (χ0v) is 10.6. The van der Waals surface area contributed by atoms with Crippen LogP contribution in [0.2, 0.25) is 0 Å². The number of carbonyl (C=O) groups is 1. The van der Waals surface area contributed by atoms with Gasteiger partial charge >= 0.3 is 0 Å². The summed E-state index contributed by atoms with van der Waals surface area (Å²) >= 11 is 0. The Morgan fingerprint density at radius 1 is 1.32 bits per heavy atom. The van der Waals surface area contributed by atoms with Crippen molar-refractivity contribution in [1.29, 1.82) is 0 Å². The monoisotopic (exact) mass is 256 g/mol. The number of carbonyl (C=O) groups excluding carboxylic acids is 1. The fourth-order valence-corrected chi connectivity index (χ4v) is 2.63. The van der Waals surface area contributed by atoms with Gasteiger partial charge in [-0.3, -0.25) is 9.78 Å². The van der Waals surface area contributed by atoms with Crippen LogP contribution in [0.4, 0.5) is 0 Å². The lowest BCUT2D eigenvalue weighted by Crippen LogP contribution is -2.25. The molecule has 1 saturated heterocycles. The molecule has 2 heterocycles. The SMILES string of the molecule is O=C1CC(CO)CN1Cc1ccnc2ccccc12. The number of rotatable bonds is 3. The molecule has 1 aliphatic heterocycles. The van der Waals surface area contributed by atoms with Crippen LogP contribution in [0.1, 0.15) is 12.0 Å². The Labute approximate surface area is 111 Å². The standard InChI is InChI=1S/C15H16N2O2/c18-10-11-7-15(19)17(8-11)9-12-5-6-16-14-4-2-1-3-13(12)14/h1-6,11,18H,7-10H2. The third kappa shape index (κ3) is 2.31. The van der Waals surface area contributed by atoms with Crippen LogP contribution >= 0.6 is 0 Å². The van der Waals surface area contributed by atoms with Crippen LogP contribution in [0.25, 0.3) is 10.9 Å². The van der Waals surface area contributed by atoms with Crippen LogP contribution in [0.15, 0.2) is 36.5 Å². The van der Waals surface area contributed by atoms with Crippen LogP contribution in [0.3, 0.4) is 0 Å². The summed E-state index contributed by atoms with van der Waals surface area (Å²) in [6.07, 6.45) is 2.24. The molecule has 0 spiro atoms. The summed E-state index contributed by atoms with van der Waals surface area (Å²) in [6.45, 7) is 1.32. The Kier molecular flexibility index (Phi) is 3.17.